The van der Waals surface area contributed by atoms with Gasteiger partial charge in [-0.05, 0) is 159 Å². The van der Waals surface area contributed by atoms with Crippen molar-refractivity contribution < 1.29 is 4.42 Å². The van der Waals surface area contributed by atoms with Gasteiger partial charge in [-0.1, -0.05) is 148 Å². The number of para-hydroxylation sites is 2. The summed E-state index contributed by atoms with van der Waals surface area (Å²) < 4.78 is 6.43. The van der Waals surface area contributed by atoms with Crippen molar-refractivity contribution in [1.29, 1.82) is 0 Å². The standard InChI is InChI=1S/C63H45NOS2/c1-37-28-43-12-6-9-15-54(43)64-55-27-22-38(32-49(37)55)40-19-24-52-60(34-40)67-61-36-42(21-26-53(61)63(52,4)5)46-30-44(39-18-23-48-47-13-7-10-16-56(47)65-57(48)33-39)29-45(31-46)41-20-25-51-59(35-41)66-58-17-11-8-14-50(58)62(51,2)3/h6-27,29-36H,1-5H3. The highest BCUT2D eigenvalue weighted by atomic mass is 32.2. The van der Waals surface area contributed by atoms with Crippen molar-refractivity contribution in [1.82, 2.24) is 0 Å². The Labute approximate surface area is 399 Å². The van der Waals surface area contributed by atoms with E-state index in [1.165, 1.54) is 75.2 Å². The van der Waals surface area contributed by atoms with Crippen LogP contribution in [0.15, 0.2) is 211 Å². The van der Waals surface area contributed by atoms with Crippen LogP contribution in [0.5, 0.6) is 0 Å². The molecule has 3 aliphatic heterocycles. The van der Waals surface area contributed by atoms with Crippen molar-refractivity contribution in [2.24, 2.45) is 4.99 Å². The fraction of sp³-hybridized carbons (Fsp3) is 0.111. The van der Waals surface area contributed by atoms with Crippen LogP contribution in [0.4, 0.5) is 5.69 Å². The van der Waals surface area contributed by atoms with E-state index in [0.29, 0.717) is 0 Å². The van der Waals surface area contributed by atoms with Crippen molar-refractivity contribution in [3.63, 3.8) is 0 Å². The third-order valence-corrected chi connectivity index (χ3v) is 16.7. The lowest BCUT2D eigenvalue weighted by molar-refractivity contribution is 0.607. The number of benzene rings is 9. The lowest BCUT2D eigenvalue weighted by atomic mass is 9.76. The number of fused-ring (bicyclic) bond motifs is 9. The van der Waals surface area contributed by atoms with Crippen LogP contribution < -0.4 is 10.6 Å². The van der Waals surface area contributed by atoms with E-state index in [9.17, 15) is 0 Å². The van der Waals surface area contributed by atoms with Gasteiger partial charge in [0.1, 0.15) is 11.2 Å². The van der Waals surface area contributed by atoms with Crippen LogP contribution in [0.25, 0.3) is 77.8 Å². The molecule has 3 aliphatic rings. The molecule has 0 saturated carbocycles. The third-order valence-electron chi connectivity index (χ3n) is 14.5. The van der Waals surface area contributed by atoms with Gasteiger partial charge in [0.2, 0.25) is 0 Å². The minimum atomic E-state index is -0.179. The molecule has 0 atom stereocenters. The molecule has 0 spiro atoms. The largest absolute Gasteiger partial charge is 0.456 e. The van der Waals surface area contributed by atoms with Crippen LogP contribution in [0, 0.1) is 0 Å². The van der Waals surface area contributed by atoms with Crippen LogP contribution in [0.1, 0.15) is 62.4 Å². The number of hydrogen-bond donors (Lipinski definition) is 0. The van der Waals surface area contributed by atoms with Gasteiger partial charge in [0.25, 0.3) is 0 Å². The summed E-state index contributed by atoms with van der Waals surface area (Å²) in [5, 5.41) is 4.27. The Morgan fingerprint density at radius 2 is 0.910 bits per heavy atom. The van der Waals surface area contributed by atoms with Gasteiger partial charge in [0, 0.05) is 57.5 Å². The Balaban J connectivity index is 0.912. The Morgan fingerprint density at radius 3 is 1.60 bits per heavy atom. The molecule has 0 unspecified atom stereocenters. The Hall–Kier alpha value is -7.07. The van der Waals surface area contributed by atoms with Gasteiger partial charge < -0.3 is 4.42 Å². The summed E-state index contributed by atoms with van der Waals surface area (Å²) in [5.41, 5.74) is 23.3. The van der Waals surface area contributed by atoms with Crippen LogP contribution in [0.2, 0.25) is 0 Å². The van der Waals surface area contributed by atoms with E-state index in [-0.39, 0.29) is 10.8 Å². The average Bonchev–Trinajstić information content (AvgIpc) is 3.65. The molecule has 0 amide bonds. The van der Waals surface area contributed by atoms with Crippen molar-refractivity contribution in [3.8, 4) is 44.5 Å². The van der Waals surface area contributed by atoms with Gasteiger partial charge in [-0.3, -0.25) is 0 Å². The lowest BCUT2D eigenvalue weighted by Crippen LogP contribution is -2.23. The SMILES string of the molecule is CC1=C=c2ccccc2=Nc2ccc(-c3ccc4c(c3)Sc3cc(-c5cc(-c6ccc7c(c6)Sc6ccccc6C7(C)C)cc(-c6ccc7c(c6)oc6ccccc67)c5)ccc3C4(C)C)cc21. The molecule has 0 N–H and O–H groups in total. The minimum Gasteiger partial charge on any atom is -0.456 e. The monoisotopic (exact) mass is 895 g/mol. The molecule has 67 heavy (non-hydrogen) atoms. The zero-order valence-corrected chi connectivity index (χ0v) is 39.6. The summed E-state index contributed by atoms with van der Waals surface area (Å²) in [4.78, 5) is 10.3. The van der Waals surface area contributed by atoms with Crippen molar-refractivity contribution in [2.75, 3.05) is 0 Å². The first-order valence-corrected chi connectivity index (χ1v) is 24.7. The summed E-state index contributed by atoms with van der Waals surface area (Å²) in [6.45, 7) is 11.6. The predicted molar refractivity (Wildman–Crippen MR) is 280 cm³/mol. The van der Waals surface area contributed by atoms with E-state index >= 15 is 0 Å². The molecule has 0 radical (unpaired) electrons. The summed E-state index contributed by atoms with van der Waals surface area (Å²) in [5.74, 6) is 0. The highest BCUT2D eigenvalue weighted by Gasteiger charge is 2.35. The number of nitrogens with zero attached hydrogens (tertiary/aromatic N) is 1. The number of allylic oxidation sites excluding steroid dienone is 1. The first-order chi connectivity index (χ1) is 32.5. The first kappa shape index (κ1) is 40.2. The highest BCUT2D eigenvalue weighted by molar-refractivity contribution is 7.99. The number of furan rings is 1. The summed E-state index contributed by atoms with van der Waals surface area (Å²) in [7, 11) is 0. The molecule has 1 aromatic heterocycles. The zero-order chi connectivity index (χ0) is 45.2. The predicted octanol–water partition coefficient (Wildman–Crippen LogP) is 16.6. The van der Waals surface area contributed by atoms with Crippen LogP contribution in [-0.2, 0) is 10.8 Å². The van der Waals surface area contributed by atoms with Crippen molar-refractivity contribution in [2.45, 2.75) is 65.0 Å². The molecule has 4 heterocycles. The van der Waals surface area contributed by atoms with Crippen LogP contribution in [0.3, 0.4) is 0 Å². The van der Waals surface area contributed by atoms with Gasteiger partial charge in [0.05, 0.1) is 11.0 Å². The van der Waals surface area contributed by atoms with Gasteiger partial charge >= 0.3 is 0 Å². The Kier molecular flexibility index (Phi) is 8.99. The second kappa shape index (κ2) is 15.0. The van der Waals surface area contributed by atoms with Gasteiger partial charge in [-0.25, -0.2) is 4.99 Å². The topological polar surface area (TPSA) is 25.5 Å². The van der Waals surface area contributed by atoms with Gasteiger partial charge in [-0.15, -0.1) is 5.73 Å². The summed E-state index contributed by atoms with van der Waals surface area (Å²) in [6, 6.07) is 67.2. The van der Waals surface area contributed by atoms with E-state index in [0.717, 1.165) is 60.5 Å². The number of hydrogen-bond acceptors (Lipinski definition) is 4. The van der Waals surface area contributed by atoms with E-state index < -0.39 is 0 Å². The van der Waals surface area contributed by atoms with Crippen LogP contribution in [-0.4, -0.2) is 0 Å². The molecular formula is C63H45NOS2. The highest BCUT2D eigenvalue weighted by Crippen LogP contribution is 2.53. The molecule has 2 nitrogen and oxygen atoms in total. The van der Waals surface area contributed by atoms with E-state index in [2.05, 4.69) is 210 Å². The normalized spacial score (nSPS) is 14.9. The zero-order valence-electron chi connectivity index (χ0n) is 38.0. The Morgan fingerprint density at radius 1 is 0.418 bits per heavy atom. The molecule has 0 bridgehead atoms. The smallest absolute Gasteiger partial charge is 0.136 e. The molecule has 4 heteroatoms. The fourth-order valence-electron chi connectivity index (χ4n) is 10.7. The number of rotatable bonds is 4. The van der Waals surface area contributed by atoms with Gasteiger partial charge in [0.15, 0.2) is 0 Å². The maximum Gasteiger partial charge on any atom is 0.136 e. The van der Waals surface area contributed by atoms with Crippen molar-refractivity contribution in [3.05, 3.63) is 220 Å². The van der Waals surface area contributed by atoms with Gasteiger partial charge in [-0.2, -0.15) is 0 Å². The first-order valence-electron chi connectivity index (χ1n) is 23.1. The molecule has 10 aromatic rings. The maximum atomic E-state index is 6.43. The molecule has 0 aliphatic carbocycles. The molecule has 9 aromatic carbocycles. The average molecular weight is 896 g/mol. The van der Waals surface area contributed by atoms with Crippen LogP contribution >= 0.6 is 23.5 Å². The minimum absolute atomic E-state index is 0.0861. The summed E-state index contributed by atoms with van der Waals surface area (Å²) >= 11 is 3.78. The Bertz CT molecular complexity index is 3940. The third kappa shape index (κ3) is 6.54. The van der Waals surface area contributed by atoms with E-state index in [1.54, 1.807) is 0 Å². The molecular weight excluding hydrogens is 851 g/mol. The van der Waals surface area contributed by atoms with Crippen molar-refractivity contribution >= 4 is 62.5 Å². The molecule has 320 valence electrons. The quantitative estimate of drug-likeness (QED) is 0.176. The fourth-order valence-corrected chi connectivity index (χ4v) is 13.6. The summed E-state index contributed by atoms with van der Waals surface area (Å²) in [6.07, 6.45) is 0. The molecule has 13 rings (SSSR count). The second-order valence-electron chi connectivity index (χ2n) is 19.3. The maximum absolute atomic E-state index is 6.43. The van der Waals surface area contributed by atoms with E-state index in [4.69, 9.17) is 9.41 Å². The van der Waals surface area contributed by atoms with E-state index in [1.807, 2.05) is 35.7 Å². The lowest BCUT2D eigenvalue weighted by Gasteiger charge is -2.35. The second-order valence-corrected chi connectivity index (χ2v) is 21.5. The molecule has 0 saturated heterocycles. The molecule has 0 fully saturated rings.